The summed E-state index contributed by atoms with van der Waals surface area (Å²) in [4.78, 5) is 30.8. The molecule has 38 heavy (non-hydrogen) atoms. The van der Waals surface area contributed by atoms with Crippen molar-refractivity contribution in [1.82, 2.24) is 14.8 Å². The minimum Gasteiger partial charge on any atom is -0.481 e. The number of aromatic amines is 1. The highest BCUT2D eigenvalue weighted by Gasteiger charge is 2.39. The highest BCUT2D eigenvalue weighted by Crippen LogP contribution is 2.37. The van der Waals surface area contributed by atoms with E-state index < -0.39 is 47.0 Å². The normalized spacial score (nSPS) is 17.2. The van der Waals surface area contributed by atoms with E-state index in [1.807, 2.05) is 29.2 Å². The van der Waals surface area contributed by atoms with Gasteiger partial charge in [0, 0.05) is 54.8 Å². The lowest BCUT2D eigenvalue weighted by Crippen LogP contribution is -2.56. The van der Waals surface area contributed by atoms with Crippen molar-refractivity contribution in [2.24, 2.45) is 0 Å². The number of para-hydroxylation sites is 1. The molecule has 1 saturated heterocycles. The molecule has 4 rings (SSSR count). The van der Waals surface area contributed by atoms with E-state index in [9.17, 15) is 35.9 Å². The lowest BCUT2D eigenvalue weighted by atomic mass is 9.98. The highest BCUT2D eigenvalue weighted by atomic mass is 19.4. The number of H-pyrrole nitrogens is 1. The second-order valence-corrected chi connectivity index (χ2v) is 9.31. The van der Waals surface area contributed by atoms with Crippen molar-refractivity contribution < 1.29 is 41.0 Å². The van der Waals surface area contributed by atoms with Gasteiger partial charge in [-0.1, -0.05) is 18.2 Å². The third-order valence-electron chi connectivity index (χ3n) is 6.66. The average molecular weight is 541 g/mol. The van der Waals surface area contributed by atoms with Crippen LogP contribution in [0.1, 0.15) is 39.9 Å². The van der Waals surface area contributed by atoms with Gasteiger partial charge in [-0.05, 0) is 49.2 Å². The summed E-state index contributed by atoms with van der Waals surface area (Å²) < 4.78 is 80.4. The molecular weight excluding hydrogens is 516 g/mol. The average Bonchev–Trinajstić information content (AvgIpc) is 3.25. The Morgan fingerprint density at radius 2 is 1.63 bits per heavy atom. The van der Waals surface area contributed by atoms with Crippen LogP contribution in [0.4, 0.5) is 26.3 Å². The van der Waals surface area contributed by atoms with E-state index in [1.165, 1.54) is 4.90 Å². The zero-order chi connectivity index (χ0) is 27.7. The van der Waals surface area contributed by atoms with E-state index in [2.05, 4.69) is 4.98 Å². The van der Waals surface area contributed by atoms with E-state index >= 15 is 0 Å². The summed E-state index contributed by atoms with van der Waals surface area (Å²) in [6.45, 7) is 1.09. The maximum Gasteiger partial charge on any atom is 0.416 e. The summed E-state index contributed by atoms with van der Waals surface area (Å²) in [5.41, 5.74) is -2.08. The van der Waals surface area contributed by atoms with E-state index in [0.29, 0.717) is 38.1 Å². The summed E-state index contributed by atoms with van der Waals surface area (Å²) in [5.74, 6) is -1.87. The van der Waals surface area contributed by atoms with Gasteiger partial charge >= 0.3 is 18.3 Å². The molecule has 1 aliphatic heterocycles. The standard InChI is InChI=1S/C26H25F6N3O3/c27-25(28,29)18-10-16(11-19(13-18)26(30,31)32)24(38)35-9-8-34(7-3-6-23(36)37)15-20(35)12-17-14-33-22-5-2-1-4-21(17)22/h1-2,4-5,10-11,13-14,20,33H,3,6-9,12,15H2,(H,36,37)/t20-/m1/s1. The molecular formula is C26H25F6N3O3. The van der Waals surface area contributed by atoms with Gasteiger partial charge in [0.1, 0.15) is 0 Å². The molecule has 0 radical (unpaired) electrons. The monoisotopic (exact) mass is 541 g/mol. The zero-order valence-corrected chi connectivity index (χ0v) is 20.1. The Labute approximate surface area is 213 Å². The Balaban J connectivity index is 1.66. The first-order chi connectivity index (χ1) is 17.8. The number of aliphatic carboxylic acids is 1. The van der Waals surface area contributed by atoms with E-state index in [1.54, 1.807) is 6.20 Å². The number of alkyl halides is 6. The number of piperazine rings is 1. The lowest BCUT2D eigenvalue weighted by Gasteiger charge is -2.42. The second kappa shape index (κ2) is 10.7. The number of fused-ring (bicyclic) bond motifs is 1. The number of carboxylic acid groups (broad SMARTS) is 1. The molecule has 1 aromatic heterocycles. The quantitative estimate of drug-likeness (QED) is 0.391. The molecule has 6 nitrogen and oxygen atoms in total. The number of carboxylic acids is 1. The van der Waals surface area contributed by atoms with Gasteiger partial charge in [0.25, 0.3) is 5.91 Å². The number of carbonyl (C=O) groups excluding carboxylic acids is 1. The van der Waals surface area contributed by atoms with Crippen molar-refractivity contribution in [3.63, 3.8) is 0 Å². The SMILES string of the molecule is O=C(O)CCCN1CCN(C(=O)c2cc(C(F)(F)F)cc(C(F)(F)F)c2)[C@H](Cc2c[nH]c3ccccc23)C1. The summed E-state index contributed by atoms with van der Waals surface area (Å²) in [6.07, 6.45) is -7.74. The number of halogens is 6. The number of rotatable bonds is 7. The molecule has 1 fully saturated rings. The number of carbonyl (C=O) groups is 2. The molecule has 2 N–H and O–H groups in total. The van der Waals surface area contributed by atoms with Gasteiger partial charge in [-0.3, -0.25) is 14.5 Å². The Morgan fingerprint density at radius 1 is 0.974 bits per heavy atom. The number of benzene rings is 2. The van der Waals surface area contributed by atoms with E-state index in [-0.39, 0.29) is 25.6 Å². The van der Waals surface area contributed by atoms with Crippen molar-refractivity contribution in [3.05, 3.63) is 70.9 Å². The molecule has 0 saturated carbocycles. The Bertz CT molecular complexity index is 1290. The minimum atomic E-state index is -5.07. The largest absolute Gasteiger partial charge is 0.481 e. The Morgan fingerprint density at radius 3 is 2.26 bits per heavy atom. The van der Waals surface area contributed by atoms with E-state index in [4.69, 9.17) is 5.11 Å². The second-order valence-electron chi connectivity index (χ2n) is 9.31. The van der Waals surface area contributed by atoms with Crippen molar-refractivity contribution >= 4 is 22.8 Å². The minimum absolute atomic E-state index is 0.000588. The third kappa shape index (κ3) is 6.29. The van der Waals surface area contributed by atoms with Crippen LogP contribution < -0.4 is 0 Å². The fourth-order valence-electron chi connectivity index (χ4n) is 4.82. The van der Waals surface area contributed by atoms with Crippen molar-refractivity contribution in [1.29, 1.82) is 0 Å². The Hall–Kier alpha value is -3.54. The summed E-state index contributed by atoms with van der Waals surface area (Å²) >= 11 is 0. The molecule has 1 atom stereocenters. The number of nitrogens with one attached hydrogen (secondary N) is 1. The third-order valence-corrected chi connectivity index (χ3v) is 6.66. The molecule has 2 aromatic carbocycles. The van der Waals surface area contributed by atoms with Gasteiger partial charge in [0.05, 0.1) is 11.1 Å². The van der Waals surface area contributed by atoms with Gasteiger partial charge in [-0.15, -0.1) is 0 Å². The van der Waals surface area contributed by atoms with Crippen LogP contribution in [0.15, 0.2) is 48.7 Å². The maximum absolute atomic E-state index is 13.5. The van der Waals surface area contributed by atoms with Gasteiger partial charge in [-0.2, -0.15) is 26.3 Å². The van der Waals surface area contributed by atoms with Crippen LogP contribution in [0, 0.1) is 0 Å². The predicted octanol–water partition coefficient (Wildman–Crippen LogP) is 5.44. The molecule has 1 amide bonds. The lowest BCUT2D eigenvalue weighted by molar-refractivity contribution is -0.143. The summed E-state index contributed by atoms with van der Waals surface area (Å²) in [5, 5.41) is 9.82. The first-order valence-electron chi connectivity index (χ1n) is 11.9. The van der Waals surface area contributed by atoms with Crippen LogP contribution >= 0.6 is 0 Å². The van der Waals surface area contributed by atoms with Crippen LogP contribution in [0.5, 0.6) is 0 Å². The van der Waals surface area contributed by atoms with Crippen molar-refractivity contribution in [2.75, 3.05) is 26.2 Å². The fourth-order valence-corrected chi connectivity index (χ4v) is 4.82. The number of hydrogen-bond donors (Lipinski definition) is 2. The predicted molar refractivity (Wildman–Crippen MR) is 127 cm³/mol. The van der Waals surface area contributed by atoms with Crippen molar-refractivity contribution in [3.8, 4) is 0 Å². The number of nitrogens with zero attached hydrogens (tertiary/aromatic N) is 2. The van der Waals surface area contributed by atoms with Gasteiger partial charge in [0.2, 0.25) is 0 Å². The smallest absolute Gasteiger partial charge is 0.416 e. The fraction of sp³-hybridized carbons (Fsp3) is 0.385. The zero-order valence-electron chi connectivity index (χ0n) is 20.1. The molecule has 12 heteroatoms. The molecule has 3 aromatic rings. The highest BCUT2D eigenvalue weighted by molar-refractivity contribution is 5.95. The molecule has 0 unspecified atom stereocenters. The molecule has 0 spiro atoms. The molecule has 2 heterocycles. The van der Waals surface area contributed by atoms with Gasteiger partial charge in [0.15, 0.2) is 0 Å². The first kappa shape index (κ1) is 27.5. The molecule has 1 aliphatic rings. The summed E-state index contributed by atoms with van der Waals surface area (Å²) in [7, 11) is 0. The first-order valence-corrected chi connectivity index (χ1v) is 11.9. The summed E-state index contributed by atoms with van der Waals surface area (Å²) in [6, 6.07) is 7.77. The topological polar surface area (TPSA) is 76.6 Å². The van der Waals surface area contributed by atoms with Crippen LogP contribution in [0.25, 0.3) is 10.9 Å². The van der Waals surface area contributed by atoms with Crippen LogP contribution in [-0.2, 0) is 23.6 Å². The molecule has 0 bridgehead atoms. The van der Waals surface area contributed by atoms with Crippen molar-refractivity contribution in [2.45, 2.75) is 37.7 Å². The number of amides is 1. The van der Waals surface area contributed by atoms with Gasteiger partial charge in [-0.25, -0.2) is 0 Å². The van der Waals surface area contributed by atoms with E-state index in [0.717, 1.165) is 16.5 Å². The molecule has 0 aliphatic carbocycles. The number of aromatic nitrogens is 1. The molecule has 204 valence electrons. The maximum atomic E-state index is 13.5. The van der Waals surface area contributed by atoms with Crippen LogP contribution in [-0.4, -0.2) is 64.0 Å². The Kier molecular flexibility index (Phi) is 7.73. The van der Waals surface area contributed by atoms with Crippen LogP contribution in [0.2, 0.25) is 0 Å². The van der Waals surface area contributed by atoms with Crippen LogP contribution in [0.3, 0.4) is 0 Å². The van der Waals surface area contributed by atoms with Gasteiger partial charge < -0.3 is 15.0 Å². The number of hydrogen-bond acceptors (Lipinski definition) is 3.